The monoisotopic (exact) mass is 416 g/mol. The number of rotatable bonds is 1. The van der Waals surface area contributed by atoms with Gasteiger partial charge in [0.2, 0.25) is 0 Å². The predicted octanol–water partition coefficient (Wildman–Crippen LogP) is 5.56. The van der Waals surface area contributed by atoms with E-state index in [9.17, 15) is 4.79 Å². The molecule has 108 valence electrons. The van der Waals surface area contributed by atoms with Gasteiger partial charge in [0.25, 0.3) is 5.91 Å². The van der Waals surface area contributed by atoms with Crippen molar-refractivity contribution in [2.24, 2.45) is 0 Å². The smallest absolute Gasteiger partial charge is 0.256 e. The number of amides is 1. The van der Waals surface area contributed by atoms with E-state index in [1.54, 1.807) is 12.1 Å². The molecule has 0 saturated heterocycles. The average Bonchev–Trinajstić information content (AvgIpc) is 2.79. The Kier molecular flexibility index (Phi) is 3.90. The van der Waals surface area contributed by atoms with Crippen molar-refractivity contribution >= 4 is 60.8 Å². The zero-order chi connectivity index (χ0) is 15.9. The number of fused-ring (bicyclic) bond motifs is 1. The average molecular weight is 418 g/mol. The standard InChI is InChI=1S/C17H10Br2N2O/c1-9-14(18)6-10(7-15(9)19)5-13-12-4-3-11(20-2)8-16(12)21-17(13)22/h3-8H,1H3,(H,21,22). The summed E-state index contributed by atoms with van der Waals surface area (Å²) in [7, 11) is 0. The van der Waals surface area contributed by atoms with Crippen LogP contribution in [0.25, 0.3) is 16.5 Å². The topological polar surface area (TPSA) is 33.5 Å². The first-order chi connectivity index (χ1) is 10.5. The highest BCUT2D eigenvalue weighted by Crippen LogP contribution is 2.36. The SMILES string of the molecule is [C-]#[N+]c1ccc2c(c1)NC(=O)C2=Cc1cc(Br)c(C)c(Br)c1. The van der Waals surface area contributed by atoms with Crippen LogP contribution in [0, 0.1) is 13.5 Å². The number of carbonyl (C=O) groups is 1. The minimum Gasteiger partial charge on any atom is -0.323 e. The van der Waals surface area contributed by atoms with Crippen LogP contribution < -0.4 is 5.32 Å². The van der Waals surface area contributed by atoms with E-state index in [1.165, 1.54) is 0 Å². The van der Waals surface area contributed by atoms with Gasteiger partial charge in [0, 0.05) is 25.8 Å². The Bertz CT molecular complexity index is 856. The largest absolute Gasteiger partial charge is 0.323 e. The van der Waals surface area contributed by atoms with E-state index in [4.69, 9.17) is 6.57 Å². The summed E-state index contributed by atoms with van der Waals surface area (Å²) in [6, 6.07) is 9.19. The molecule has 0 fully saturated rings. The Hall–Kier alpha value is -1.90. The van der Waals surface area contributed by atoms with Gasteiger partial charge in [-0.1, -0.05) is 44.0 Å². The Morgan fingerprint density at radius 2 is 1.86 bits per heavy atom. The van der Waals surface area contributed by atoms with Crippen LogP contribution in [0.1, 0.15) is 16.7 Å². The molecular formula is C17H10Br2N2O. The molecule has 0 aromatic heterocycles. The molecule has 0 bridgehead atoms. The van der Waals surface area contributed by atoms with Crippen LogP contribution in [-0.4, -0.2) is 5.91 Å². The van der Waals surface area contributed by atoms with Crippen LogP contribution >= 0.6 is 31.9 Å². The molecule has 1 amide bonds. The molecule has 3 nitrogen and oxygen atoms in total. The number of nitrogens with one attached hydrogen (secondary N) is 1. The second-order valence-corrected chi connectivity index (χ2v) is 6.67. The van der Waals surface area contributed by atoms with E-state index in [0.717, 1.165) is 25.6 Å². The first-order valence-corrected chi connectivity index (χ1v) is 8.09. The first kappa shape index (κ1) is 15.0. The van der Waals surface area contributed by atoms with Crippen molar-refractivity contribution in [1.82, 2.24) is 0 Å². The molecule has 2 aromatic carbocycles. The molecule has 22 heavy (non-hydrogen) atoms. The van der Waals surface area contributed by atoms with Gasteiger partial charge in [-0.25, -0.2) is 4.85 Å². The van der Waals surface area contributed by atoms with Gasteiger partial charge in [-0.2, -0.15) is 0 Å². The van der Waals surface area contributed by atoms with Gasteiger partial charge in [-0.15, -0.1) is 0 Å². The van der Waals surface area contributed by atoms with Crippen LogP contribution in [0.3, 0.4) is 0 Å². The van der Waals surface area contributed by atoms with Crippen molar-refractivity contribution in [3.05, 3.63) is 67.4 Å². The molecule has 0 unspecified atom stereocenters. The lowest BCUT2D eigenvalue weighted by Gasteiger charge is -2.05. The van der Waals surface area contributed by atoms with E-state index >= 15 is 0 Å². The number of hydrogen-bond donors (Lipinski definition) is 1. The number of hydrogen-bond acceptors (Lipinski definition) is 1. The number of halogens is 2. The molecule has 2 aromatic rings. The summed E-state index contributed by atoms with van der Waals surface area (Å²) in [6.45, 7) is 9.05. The van der Waals surface area contributed by atoms with Gasteiger partial charge >= 0.3 is 0 Å². The van der Waals surface area contributed by atoms with E-state index in [2.05, 4.69) is 42.0 Å². The molecule has 1 heterocycles. The van der Waals surface area contributed by atoms with Crippen molar-refractivity contribution in [2.75, 3.05) is 5.32 Å². The minimum absolute atomic E-state index is 0.148. The molecule has 5 heteroatoms. The summed E-state index contributed by atoms with van der Waals surface area (Å²) in [5, 5.41) is 2.81. The Morgan fingerprint density at radius 1 is 1.18 bits per heavy atom. The molecule has 0 atom stereocenters. The third kappa shape index (κ3) is 2.60. The van der Waals surface area contributed by atoms with Crippen molar-refractivity contribution in [3.8, 4) is 0 Å². The second kappa shape index (κ2) is 5.71. The van der Waals surface area contributed by atoms with Gasteiger partial charge in [0.1, 0.15) is 0 Å². The summed E-state index contributed by atoms with van der Waals surface area (Å²) < 4.78 is 1.96. The van der Waals surface area contributed by atoms with E-state index < -0.39 is 0 Å². The van der Waals surface area contributed by atoms with Crippen LogP contribution in [0.15, 0.2) is 39.3 Å². The van der Waals surface area contributed by atoms with Crippen LogP contribution in [0.5, 0.6) is 0 Å². The summed E-state index contributed by atoms with van der Waals surface area (Å²) in [5.41, 5.74) is 4.67. The molecule has 0 saturated carbocycles. The van der Waals surface area contributed by atoms with Crippen molar-refractivity contribution in [2.45, 2.75) is 6.92 Å². The summed E-state index contributed by atoms with van der Waals surface area (Å²) in [6.07, 6.45) is 1.85. The van der Waals surface area contributed by atoms with Crippen molar-refractivity contribution < 1.29 is 4.79 Å². The lowest BCUT2D eigenvalue weighted by Crippen LogP contribution is -2.03. The summed E-state index contributed by atoms with van der Waals surface area (Å²) in [5.74, 6) is -0.148. The third-order valence-corrected chi connectivity index (χ3v) is 5.18. The maximum absolute atomic E-state index is 12.2. The highest BCUT2D eigenvalue weighted by molar-refractivity contribution is 9.11. The fourth-order valence-corrected chi connectivity index (χ4v) is 3.53. The molecular weight excluding hydrogens is 408 g/mol. The quantitative estimate of drug-likeness (QED) is 0.478. The highest BCUT2D eigenvalue weighted by Gasteiger charge is 2.24. The summed E-state index contributed by atoms with van der Waals surface area (Å²) in [4.78, 5) is 15.6. The zero-order valence-electron chi connectivity index (χ0n) is 11.6. The fourth-order valence-electron chi connectivity index (χ4n) is 2.31. The molecule has 1 N–H and O–H groups in total. The van der Waals surface area contributed by atoms with Crippen molar-refractivity contribution in [3.63, 3.8) is 0 Å². The molecule has 0 radical (unpaired) electrons. The van der Waals surface area contributed by atoms with E-state index in [-0.39, 0.29) is 5.91 Å². The number of anilines is 1. The highest BCUT2D eigenvalue weighted by atomic mass is 79.9. The second-order valence-electron chi connectivity index (χ2n) is 4.96. The maximum atomic E-state index is 12.2. The minimum atomic E-state index is -0.148. The Balaban J connectivity index is 2.10. The third-order valence-electron chi connectivity index (χ3n) is 3.53. The maximum Gasteiger partial charge on any atom is 0.256 e. The molecule has 3 rings (SSSR count). The van der Waals surface area contributed by atoms with Gasteiger partial charge in [0.05, 0.1) is 6.57 Å². The van der Waals surface area contributed by atoms with Crippen LogP contribution in [0.4, 0.5) is 11.4 Å². The molecule has 1 aliphatic rings. The number of benzene rings is 2. The van der Waals surface area contributed by atoms with E-state index in [0.29, 0.717) is 16.9 Å². The Labute approximate surface area is 145 Å². The van der Waals surface area contributed by atoms with E-state index in [1.807, 2.05) is 31.2 Å². The number of nitrogens with zero attached hydrogens (tertiary/aromatic N) is 1. The van der Waals surface area contributed by atoms with Crippen molar-refractivity contribution in [1.29, 1.82) is 0 Å². The van der Waals surface area contributed by atoms with Gasteiger partial charge in [0.15, 0.2) is 5.69 Å². The van der Waals surface area contributed by atoms with Gasteiger partial charge < -0.3 is 5.32 Å². The van der Waals surface area contributed by atoms with Gasteiger partial charge in [-0.3, -0.25) is 4.79 Å². The zero-order valence-corrected chi connectivity index (χ0v) is 14.7. The summed E-state index contributed by atoms with van der Waals surface area (Å²) >= 11 is 7.04. The fraction of sp³-hybridized carbons (Fsp3) is 0.0588. The van der Waals surface area contributed by atoms with Crippen LogP contribution in [0.2, 0.25) is 0 Å². The predicted molar refractivity (Wildman–Crippen MR) is 95.8 cm³/mol. The molecule has 0 spiro atoms. The van der Waals surface area contributed by atoms with Gasteiger partial charge in [-0.05, 0) is 42.3 Å². The lowest BCUT2D eigenvalue weighted by atomic mass is 10.0. The normalized spacial score (nSPS) is 14.6. The molecule has 0 aliphatic carbocycles. The number of carbonyl (C=O) groups excluding carboxylic acids is 1. The first-order valence-electron chi connectivity index (χ1n) is 6.50. The Morgan fingerprint density at radius 3 is 2.50 bits per heavy atom. The van der Waals surface area contributed by atoms with Crippen LogP contribution in [-0.2, 0) is 4.79 Å². The lowest BCUT2D eigenvalue weighted by molar-refractivity contribution is -0.110. The molecule has 1 aliphatic heterocycles.